The Labute approximate surface area is 98.5 Å². The molecule has 2 N–H and O–H groups in total. The minimum atomic E-state index is -1.60. The van der Waals surface area contributed by atoms with Crippen LogP contribution in [0.5, 0.6) is 0 Å². The number of aliphatic carboxylic acids is 1. The van der Waals surface area contributed by atoms with E-state index in [0.717, 1.165) is 5.56 Å². The molecule has 1 aromatic carbocycles. The molecule has 0 radical (unpaired) electrons. The van der Waals surface area contributed by atoms with Crippen LogP contribution in [0.15, 0.2) is 18.2 Å². The lowest BCUT2D eigenvalue weighted by Crippen LogP contribution is -2.38. The quantitative estimate of drug-likeness (QED) is 0.794. The maximum atomic E-state index is 13.4. The van der Waals surface area contributed by atoms with Crippen LogP contribution in [0.25, 0.3) is 0 Å². The van der Waals surface area contributed by atoms with E-state index in [0.29, 0.717) is 0 Å². The van der Waals surface area contributed by atoms with Gasteiger partial charge in [0.25, 0.3) is 0 Å². The van der Waals surface area contributed by atoms with Crippen LogP contribution >= 0.6 is 0 Å². The second-order valence-corrected chi connectivity index (χ2v) is 4.37. The van der Waals surface area contributed by atoms with E-state index < -0.39 is 23.1 Å². The Balaban J connectivity index is 2.96. The minimum absolute atomic E-state index is 0.00988. The Morgan fingerprint density at radius 1 is 1.35 bits per heavy atom. The number of aryl methyl sites for hydroxylation is 1. The molecule has 0 saturated carbocycles. The lowest BCUT2D eigenvalue weighted by molar-refractivity contribution is -0.151. The Morgan fingerprint density at radius 2 is 1.94 bits per heavy atom. The summed E-state index contributed by atoms with van der Waals surface area (Å²) in [5.41, 5.74) is -0.838. The number of amides is 1. The number of nitrogens with one attached hydrogen (secondary N) is 1. The van der Waals surface area contributed by atoms with Crippen LogP contribution in [-0.4, -0.2) is 17.0 Å². The first-order chi connectivity index (χ1) is 7.75. The third-order valence-electron chi connectivity index (χ3n) is 2.47. The van der Waals surface area contributed by atoms with Gasteiger partial charge in [-0.15, -0.1) is 0 Å². The second-order valence-electron chi connectivity index (χ2n) is 4.37. The average Bonchev–Trinajstić information content (AvgIpc) is 2.23. The lowest BCUT2D eigenvalue weighted by atomic mass is 9.92. The molecule has 0 atom stereocenters. The molecule has 0 aliphatic heterocycles. The normalized spacial score (nSPS) is 11.1. The van der Waals surface area contributed by atoms with Crippen LogP contribution in [0, 0.1) is 18.2 Å². The summed E-state index contributed by atoms with van der Waals surface area (Å²) in [6.07, 6.45) is 0. The molecule has 0 aliphatic carbocycles. The number of benzene rings is 1. The van der Waals surface area contributed by atoms with Gasteiger partial charge in [-0.05, 0) is 38.5 Å². The van der Waals surface area contributed by atoms with Crippen molar-refractivity contribution in [3.63, 3.8) is 0 Å². The fraction of sp³-hybridized carbons (Fsp3) is 0.333. The predicted octanol–water partition coefficient (Wildman–Crippen LogP) is 2.18. The van der Waals surface area contributed by atoms with Crippen LogP contribution < -0.4 is 5.32 Å². The van der Waals surface area contributed by atoms with E-state index in [1.165, 1.54) is 26.0 Å². The number of carboxylic acids is 1. The van der Waals surface area contributed by atoms with Gasteiger partial charge < -0.3 is 10.4 Å². The van der Waals surface area contributed by atoms with Crippen molar-refractivity contribution >= 4 is 17.6 Å². The molecular formula is C12H14FNO3. The first-order valence-corrected chi connectivity index (χ1v) is 5.06. The highest BCUT2D eigenvalue weighted by atomic mass is 19.1. The Kier molecular flexibility index (Phi) is 3.50. The summed E-state index contributed by atoms with van der Waals surface area (Å²) in [7, 11) is 0. The first-order valence-electron chi connectivity index (χ1n) is 5.06. The van der Waals surface area contributed by atoms with Gasteiger partial charge in [-0.1, -0.05) is 6.07 Å². The van der Waals surface area contributed by atoms with Gasteiger partial charge in [-0.25, -0.2) is 4.39 Å². The molecule has 1 rings (SSSR count). The van der Waals surface area contributed by atoms with Crippen LogP contribution in [0.3, 0.4) is 0 Å². The van der Waals surface area contributed by atoms with Crippen molar-refractivity contribution in [1.29, 1.82) is 0 Å². The van der Waals surface area contributed by atoms with Crippen LogP contribution in [-0.2, 0) is 9.59 Å². The first kappa shape index (κ1) is 13.2. The Bertz CT molecular complexity index is 469. The molecule has 0 spiro atoms. The summed E-state index contributed by atoms with van der Waals surface area (Å²) >= 11 is 0. The van der Waals surface area contributed by atoms with Gasteiger partial charge in [0.2, 0.25) is 5.91 Å². The summed E-state index contributed by atoms with van der Waals surface area (Å²) in [6, 6.07) is 4.23. The predicted molar refractivity (Wildman–Crippen MR) is 61.2 cm³/mol. The molecule has 0 aromatic heterocycles. The number of hydrogen-bond donors (Lipinski definition) is 2. The third kappa shape index (κ3) is 2.81. The fourth-order valence-corrected chi connectivity index (χ4v) is 1.11. The number of carbonyl (C=O) groups is 2. The maximum Gasteiger partial charge on any atom is 0.318 e. The van der Waals surface area contributed by atoms with Crippen molar-refractivity contribution in [3.05, 3.63) is 29.6 Å². The van der Waals surface area contributed by atoms with E-state index in [4.69, 9.17) is 5.11 Å². The zero-order chi connectivity index (χ0) is 13.2. The van der Waals surface area contributed by atoms with Crippen molar-refractivity contribution in [3.8, 4) is 0 Å². The van der Waals surface area contributed by atoms with Gasteiger partial charge in [-0.2, -0.15) is 0 Å². The van der Waals surface area contributed by atoms with Crippen LogP contribution in [0.1, 0.15) is 19.4 Å². The maximum absolute atomic E-state index is 13.4. The molecule has 0 fully saturated rings. The molecule has 1 aromatic rings. The van der Waals surface area contributed by atoms with Crippen molar-refractivity contribution < 1.29 is 19.1 Å². The number of carbonyl (C=O) groups excluding carboxylic acids is 1. The van der Waals surface area contributed by atoms with E-state index in [9.17, 15) is 14.0 Å². The lowest BCUT2D eigenvalue weighted by Gasteiger charge is -2.18. The number of hydrogen-bond acceptors (Lipinski definition) is 2. The zero-order valence-corrected chi connectivity index (χ0v) is 9.87. The van der Waals surface area contributed by atoms with Crippen molar-refractivity contribution in [1.82, 2.24) is 0 Å². The summed E-state index contributed by atoms with van der Waals surface area (Å²) in [4.78, 5) is 22.5. The van der Waals surface area contributed by atoms with E-state index in [2.05, 4.69) is 5.32 Å². The molecule has 1 amide bonds. The highest BCUT2D eigenvalue weighted by Gasteiger charge is 2.36. The zero-order valence-electron chi connectivity index (χ0n) is 9.87. The van der Waals surface area contributed by atoms with Crippen molar-refractivity contribution in [2.75, 3.05) is 5.32 Å². The molecule has 5 heteroatoms. The molecule has 0 heterocycles. The molecule has 0 bridgehead atoms. The van der Waals surface area contributed by atoms with E-state index in [-0.39, 0.29) is 5.69 Å². The molecule has 0 saturated heterocycles. The van der Waals surface area contributed by atoms with E-state index in [1.54, 1.807) is 13.0 Å². The summed E-state index contributed by atoms with van der Waals surface area (Å²) in [5.74, 6) is -2.61. The SMILES string of the molecule is Cc1ccc(F)c(NC(=O)C(C)(C)C(=O)O)c1. The highest BCUT2D eigenvalue weighted by molar-refractivity contribution is 6.07. The monoisotopic (exact) mass is 239 g/mol. The fourth-order valence-electron chi connectivity index (χ4n) is 1.11. The molecule has 17 heavy (non-hydrogen) atoms. The van der Waals surface area contributed by atoms with Gasteiger partial charge in [0.05, 0.1) is 5.69 Å². The second kappa shape index (κ2) is 4.53. The summed E-state index contributed by atoms with van der Waals surface area (Å²) in [5, 5.41) is 11.1. The Hall–Kier alpha value is -1.91. The van der Waals surface area contributed by atoms with Gasteiger partial charge in [-0.3, -0.25) is 9.59 Å². The molecule has 92 valence electrons. The van der Waals surface area contributed by atoms with E-state index >= 15 is 0 Å². The molecule has 0 aliphatic rings. The molecule has 4 nitrogen and oxygen atoms in total. The van der Waals surface area contributed by atoms with Gasteiger partial charge >= 0.3 is 5.97 Å². The topological polar surface area (TPSA) is 66.4 Å². The van der Waals surface area contributed by atoms with E-state index in [1.807, 2.05) is 0 Å². The average molecular weight is 239 g/mol. The van der Waals surface area contributed by atoms with Crippen molar-refractivity contribution in [2.45, 2.75) is 20.8 Å². The molecule has 0 unspecified atom stereocenters. The number of halogens is 1. The smallest absolute Gasteiger partial charge is 0.318 e. The molecular weight excluding hydrogens is 225 g/mol. The van der Waals surface area contributed by atoms with Gasteiger partial charge in [0.15, 0.2) is 0 Å². The van der Waals surface area contributed by atoms with Gasteiger partial charge in [0, 0.05) is 0 Å². The Morgan fingerprint density at radius 3 is 2.47 bits per heavy atom. The highest BCUT2D eigenvalue weighted by Crippen LogP contribution is 2.21. The van der Waals surface area contributed by atoms with Crippen molar-refractivity contribution in [2.24, 2.45) is 5.41 Å². The summed E-state index contributed by atoms with van der Waals surface area (Å²) in [6.45, 7) is 4.27. The largest absolute Gasteiger partial charge is 0.480 e. The van der Waals surface area contributed by atoms with Crippen LogP contribution in [0.2, 0.25) is 0 Å². The van der Waals surface area contributed by atoms with Crippen LogP contribution in [0.4, 0.5) is 10.1 Å². The summed E-state index contributed by atoms with van der Waals surface area (Å²) < 4.78 is 13.4. The van der Waals surface area contributed by atoms with Gasteiger partial charge in [0.1, 0.15) is 11.2 Å². The minimum Gasteiger partial charge on any atom is -0.480 e. The number of rotatable bonds is 3. The third-order valence-corrected chi connectivity index (χ3v) is 2.47. The number of carboxylic acid groups (broad SMARTS) is 1. The number of anilines is 1. The standard InChI is InChI=1S/C12H14FNO3/c1-7-4-5-8(13)9(6-7)14-10(15)12(2,3)11(16)17/h4-6H,1-3H3,(H,14,15)(H,16,17).